The lowest BCUT2D eigenvalue weighted by atomic mass is 10.3. The summed E-state index contributed by atoms with van der Waals surface area (Å²) in [6.07, 6.45) is 2.57. The minimum absolute atomic E-state index is 0.106. The molecule has 0 aromatic heterocycles. The fraction of sp³-hybridized carbons (Fsp3) is 0.600. The molecule has 5 heteroatoms. The molecule has 0 rings (SSSR count). The van der Waals surface area contributed by atoms with Crippen LogP contribution in [0.15, 0.2) is 12.2 Å². The third-order valence-corrected chi connectivity index (χ3v) is 1.49. The van der Waals surface area contributed by atoms with E-state index in [9.17, 15) is 9.59 Å². The number of ketones is 1. The number of hydrogen-bond donors (Lipinski definition) is 0. The van der Waals surface area contributed by atoms with Gasteiger partial charge in [0, 0.05) is 14.2 Å². The number of esters is 1. The monoisotopic (exact) mass is 216 g/mol. The predicted octanol–water partition coefficient (Wildman–Crippen LogP) is 0.684. The molecule has 0 radical (unpaired) electrons. The van der Waals surface area contributed by atoms with E-state index in [1.165, 1.54) is 21.1 Å². The van der Waals surface area contributed by atoms with E-state index in [4.69, 9.17) is 14.2 Å². The van der Waals surface area contributed by atoms with Crippen molar-refractivity contribution < 1.29 is 23.8 Å². The zero-order valence-electron chi connectivity index (χ0n) is 9.19. The van der Waals surface area contributed by atoms with E-state index in [1.54, 1.807) is 12.2 Å². The topological polar surface area (TPSA) is 61.8 Å². The van der Waals surface area contributed by atoms with Crippen LogP contribution >= 0.6 is 0 Å². The maximum Gasteiger partial charge on any atom is 0.313 e. The maximum absolute atomic E-state index is 10.9. The molecule has 86 valence electrons. The lowest BCUT2D eigenvalue weighted by molar-refractivity contribution is -0.144. The van der Waals surface area contributed by atoms with Gasteiger partial charge in [-0.1, -0.05) is 0 Å². The van der Waals surface area contributed by atoms with Gasteiger partial charge in [0.05, 0.1) is 0 Å². The molecule has 0 aromatic rings. The van der Waals surface area contributed by atoms with Crippen molar-refractivity contribution in [3.05, 3.63) is 12.2 Å². The standard InChI is InChI=1S/C10H16O5/c1-8(11)7-9(12)15-6-4-5-10(13-2)14-3/h4-5,10H,6-7H2,1-3H3. The Hall–Kier alpha value is -1.20. The highest BCUT2D eigenvalue weighted by molar-refractivity contribution is 5.94. The summed E-state index contributed by atoms with van der Waals surface area (Å²) in [5.74, 6) is -0.742. The van der Waals surface area contributed by atoms with Crippen LogP contribution in [0.1, 0.15) is 13.3 Å². The molecule has 0 aliphatic heterocycles. The van der Waals surface area contributed by atoms with Gasteiger partial charge < -0.3 is 14.2 Å². The second kappa shape index (κ2) is 8.14. The minimum Gasteiger partial charge on any atom is -0.461 e. The van der Waals surface area contributed by atoms with Crippen LogP contribution in [0.5, 0.6) is 0 Å². The van der Waals surface area contributed by atoms with Gasteiger partial charge in [-0.3, -0.25) is 9.59 Å². The molecule has 0 spiro atoms. The second-order valence-corrected chi connectivity index (χ2v) is 2.83. The summed E-state index contributed by atoms with van der Waals surface area (Å²) < 4.78 is 14.5. The highest BCUT2D eigenvalue weighted by Gasteiger charge is 2.04. The molecule has 0 N–H and O–H groups in total. The van der Waals surface area contributed by atoms with Crippen molar-refractivity contribution in [3.63, 3.8) is 0 Å². The smallest absolute Gasteiger partial charge is 0.313 e. The first-order valence-electron chi connectivity index (χ1n) is 4.47. The zero-order chi connectivity index (χ0) is 11.7. The maximum atomic E-state index is 10.9. The Kier molecular flexibility index (Phi) is 7.49. The summed E-state index contributed by atoms with van der Waals surface area (Å²) in [6.45, 7) is 1.44. The number of rotatable bonds is 7. The van der Waals surface area contributed by atoms with Crippen molar-refractivity contribution in [2.45, 2.75) is 19.6 Å². The van der Waals surface area contributed by atoms with Crippen LogP contribution in [0, 0.1) is 0 Å². The van der Waals surface area contributed by atoms with Crippen LogP contribution in [0.25, 0.3) is 0 Å². The SMILES string of the molecule is COC(C=CCOC(=O)CC(C)=O)OC. The molecule has 0 bridgehead atoms. The van der Waals surface area contributed by atoms with Crippen LogP contribution in [-0.2, 0) is 23.8 Å². The molecule has 5 nitrogen and oxygen atoms in total. The molecule has 0 saturated heterocycles. The molecule has 0 aliphatic rings. The third-order valence-electron chi connectivity index (χ3n) is 1.49. The molecule has 0 atom stereocenters. The first-order chi connectivity index (χ1) is 7.10. The van der Waals surface area contributed by atoms with E-state index >= 15 is 0 Å². The van der Waals surface area contributed by atoms with Gasteiger partial charge in [0.1, 0.15) is 18.8 Å². The Morgan fingerprint density at radius 3 is 2.33 bits per heavy atom. The molecule has 0 aliphatic carbocycles. The lowest BCUT2D eigenvalue weighted by Crippen LogP contribution is -2.11. The summed E-state index contributed by atoms with van der Waals surface area (Å²) in [6, 6.07) is 0. The second-order valence-electron chi connectivity index (χ2n) is 2.83. The molecule has 0 aromatic carbocycles. The van der Waals surface area contributed by atoms with Crippen molar-refractivity contribution in [2.24, 2.45) is 0 Å². The van der Waals surface area contributed by atoms with Crippen molar-refractivity contribution in [1.29, 1.82) is 0 Å². The Morgan fingerprint density at radius 2 is 1.87 bits per heavy atom. The summed E-state index contributed by atoms with van der Waals surface area (Å²) in [5, 5.41) is 0. The normalized spacial score (nSPS) is 10.9. The fourth-order valence-electron chi connectivity index (χ4n) is 0.815. The largest absolute Gasteiger partial charge is 0.461 e. The van der Waals surface area contributed by atoms with Crippen molar-refractivity contribution >= 4 is 11.8 Å². The highest BCUT2D eigenvalue weighted by Crippen LogP contribution is 1.94. The molecule has 15 heavy (non-hydrogen) atoms. The Morgan fingerprint density at radius 1 is 1.27 bits per heavy atom. The first kappa shape index (κ1) is 13.8. The average Bonchev–Trinajstić information content (AvgIpc) is 2.17. The number of Topliss-reactive ketones (excluding diaryl/α,β-unsaturated/α-hetero) is 1. The van der Waals surface area contributed by atoms with Gasteiger partial charge >= 0.3 is 5.97 Å². The third kappa shape index (κ3) is 7.84. The Labute approximate surface area is 89.0 Å². The van der Waals surface area contributed by atoms with E-state index in [0.717, 1.165) is 0 Å². The number of methoxy groups -OCH3 is 2. The van der Waals surface area contributed by atoms with E-state index in [1.807, 2.05) is 0 Å². The summed E-state index contributed by atoms with van der Waals surface area (Å²) in [7, 11) is 3.00. The van der Waals surface area contributed by atoms with Crippen molar-refractivity contribution in [3.8, 4) is 0 Å². The van der Waals surface area contributed by atoms with Crippen LogP contribution < -0.4 is 0 Å². The number of hydrogen-bond acceptors (Lipinski definition) is 5. The predicted molar refractivity (Wildman–Crippen MR) is 53.2 cm³/mol. The first-order valence-corrected chi connectivity index (χ1v) is 4.47. The number of ether oxygens (including phenoxy) is 3. The van der Waals surface area contributed by atoms with E-state index in [2.05, 4.69) is 0 Å². The summed E-state index contributed by atoms with van der Waals surface area (Å²) in [4.78, 5) is 21.4. The van der Waals surface area contributed by atoms with Crippen LogP contribution in [0.2, 0.25) is 0 Å². The lowest BCUT2D eigenvalue weighted by Gasteiger charge is -2.07. The van der Waals surface area contributed by atoms with Gasteiger partial charge in [0.2, 0.25) is 0 Å². The average molecular weight is 216 g/mol. The van der Waals surface area contributed by atoms with Crippen LogP contribution in [0.4, 0.5) is 0 Å². The molecule has 0 saturated carbocycles. The van der Waals surface area contributed by atoms with Crippen molar-refractivity contribution in [2.75, 3.05) is 20.8 Å². The number of carbonyl (C=O) groups is 2. The number of carbonyl (C=O) groups excluding carboxylic acids is 2. The molecule has 0 fully saturated rings. The quantitative estimate of drug-likeness (QED) is 0.271. The molecule has 0 unspecified atom stereocenters. The Bertz CT molecular complexity index is 230. The van der Waals surface area contributed by atoms with Gasteiger partial charge in [-0.2, -0.15) is 0 Å². The molecule has 0 amide bonds. The fourth-order valence-corrected chi connectivity index (χ4v) is 0.815. The van der Waals surface area contributed by atoms with Gasteiger partial charge in [0.25, 0.3) is 0 Å². The zero-order valence-corrected chi connectivity index (χ0v) is 9.19. The summed E-state index contributed by atoms with van der Waals surface area (Å²) >= 11 is 0. The highest BCUT2D eigenvalue weighted by atomic mass is 16.7. The minimum atomic E-state index is -0.529. The molecular formula is C10H16O5. The van der Waals surface area contributed by atoms with Crippen LogP contribution in [-0.4, -0.2) is 38.9 Å². The van der Waals surface area contributed by atoms with Gasteiger partial charge in [-0.25, -0.2) is 0 Å². The van der Waals surface area contributed by atoms with E-state index in [-0.39, 0.29) is 18.8 Å². The van der Waals surface area contributed by atoms with E-state index < -0.39 is 12.3 Å². The van der Waals surface area contributed by atoms with Crippen LogP contribution in [0.3, 0.4) is 0 Å². The van der Waals surface area contributed by atoms with Gasteiger partial charge in [-0.15, -0.1) is 0 Å². The van der Waals surface area contributed by atoms with Crippen molar-refractivity contribution in [1.82, 2.24) is 0 Å². The van der Waals surface area contributed by atoms with E-state index in [0.29, 0.717) is 0 Å². The molecule has 0 heterocycles. The molecular weight excluding hydrogens is 200 g/mol. The Balaban J connectivity index is 3.68. The van der Waals surface area contributed by atoms with Gasteiger partial charge in [0.15, 0.2) is 6.29 Å². The summed E-state index contributed by atoms with van der Waals surface area (Å²) in [5.41, 5.74) is 0. The van der Waals surface area contributed by atoms with Gasteiger partial charge in [-0.05, 0) is 19.1 Å².